The molecule has 170 valence electrons. The fourth-order valence-electron chi connectivity index (χ4n) is 4.80. The number of nitrogens with zero attached hydrogens (tertiary/aromatic N) is 1. The number of ketones is 1. The number of rotatable bonds is 8. The van der Waals surface area contributed by atoms with Crippen molar-refractivity contribution < 1.29 is 18.5 Å². The molecule has 0 aliphatic heterocycles. The number of hydrogen-bond donors (Lipinski definition) is 2. The van der Waals surface area contributed by atoms with Crippen molar-refractivity contribution in [3.63, 3.8) is 0 Å². The minimum Gasteiger partial charge on any atom is -0.454 e. The van der Waals surface area contributed by atoms with Gasteiger partial charge in [0.05, 0.1) is 29.2 Å². The molecule has 2 aromatic rings. The summed E-state index contributed by atoms with van der Waals surface area (Å²) in [5.74, 6) is 0.154. The van der Waals surface area contributed by atoms with Crippen molar-refractivity contribution in [2.24, 2.45) is 5.92 Å². The van der Waals surface area contributed by atoms with Crippen LogP contribution in [0.3, 0.4) is 0 Å². The van der Waals surface area contributed by atoms with Crippen LogP contribution in [-0.4, -0.2) is 20.9 Å². The second-order valence-corrected chi connectivity index (χ2v) is 11.8. The molecule has 1 saturated carbocycles. The lowest BCUT2D eigenvalue weighted by Gasteiger charge is -2.21. The Hall–Kier alpha value is -2.43. The Morgan fingerprint density at radius 1 is 1.34 bits per heavy atom. The van der Waals surface area contributed by atoms with Crippen LogP contribution in [0.2, 0.25) is 0 Å². The van der Waals surface area contributed by atoms with Crippen molar-refractivity contribution in [3.8, 4) is 6.07 Å². The summed E-state index contributed by atoms with van der Waals surface area (Å²) in [6.45, 7) is 5.32. The van der Waals surface area contributed by atoms with Crippen LogP contribution in [0.25, 0.3) is 0 Å². The van der Waals surface area contributed by atoms with Crippen LogP contribution in [0.4, 0.5) is 0 Å². The average molecular weight is 455 g/mol. The fourth-order valence-corrected chi connectivity index (χ4v) is 6.02. The maximum Gasteiger partial charge on any atom is 0.199 e. The molecule has 0 unspecified atom stereocenters. The first-order chi connectivity index (χ1) is 15.0. The predicted molar refractivity (Wildman–Crippen MR) is 121 cm³/mol. The van der Waals surface area contributed by atoms with E-state index in [9.17, 15) is 19.4 Å². The monoisotopic (exact) mass is 454 g/mol. The second kappa shape index (κ2) is 8.17. The molecule has 0 radical (unpaired) electrons. The van der Waals surface area contributed by atoms with E-state index in [0.29, 0.717) is 11.5 Å². The lowest BCUT2D eigenvalue weighted by atomic mass is 9.84. The highest BCUT2D eigenvalue weighted by atomic mass is 32.2. The normalized spacial score (nSPS) is 18.6. The molecule has 0 spiro atoms. The highest BCUT2D eigenvalue weighted by Crippen LogP contribution is 2.45. The number of fused-ring (bicyclic) bond motifs is 1. The smallest absolute Gasteiger partial charge is 0.199 e. The van der Waals surface area contributed by atoms with E-state index in [1.54, 1.807) is 13.8 Å². The third-order valence-electron chi connectivity index (χ3n) is 6.84. The van der Waals surface area contributed by atoms with Gasteiger partial charge in [0.2, 0.25) is 0 Å². The lowest BCUT2D eigenvalue weighted by molar-refractivity contribution is -0.116. The minimum absolute atomic E-state index is 0.0837. The molecule has 1 fully saturated rings. The van der Waals surface area contributed by atoms with Crippen LogP contribution < -0.4 is 0 Å². The van der Waals surface area contributed by atoms with Gasteiger partial charge in [0.25, 0.3) is 0 Å². The number of Topliss-reactive ketones (excluding diaryl/α,β-unsaturated/α-hetero) is 1. The number of carbonyl (C=O) groups excluding carboxylic acids is 1. The van der Waals surface area contributed by atoms with Crippen LogP contribution in [0, 0.1) is 22.0 Å². The molecule has 32 heavy (non-hydrogen) atoms. The van der Waals surface area contributed by atoms with Gasteiger partial charge >= 0.3 is 0 Å². The zero-order valence-corrected chi connectivity index (χ0v) is 19.7. The van der Waals surface area contributed by atoms with Gasteiger partial charge in [-0.05, 0) is 86.1 Å². The molecule has 6 nitrogen and oxygen atoms in total. The van der Waals surface area contributed by atoms with E-state index in [4.69, 9.17) is 9.20 Å². The van der Waals surface area contributed by atoms with Crippen molar-refractivity contribution in [1.82, 2.24) is 0 Å². The molecule has 0 bridgehead atoms. The minimum atomic E-state index is -3.46. The maximum absolute atomic E-state index is 13.1. The summed E-state index contributed by atoms with van der Waals surface area (Å²) in [5, 5.41) is 19.7. The quantitative estimate of drug-likeness (QED) is 0.605. The summed E-state index contributed by atoms with van der Waals surface area (Å²) in [7, 11) is -3.46. The Balaban J connectivity index is 1.62. The summed E-state index contributed by atoms with van der Waals surface area (Å²) in [4.78, 5) is 13.1. The Morgan fingerprint density at radius 3 is 2.62 bits per heavy atom. The van der Waals surface area contributed by atoms with Crippen molar-refractivity contribution in [1.29, 1.82) is 10.0 Å². The van der Waals surface area contributed by atoms with Gasteiger partial charge in [-0.25, -0.2) is 8.99 Å². The zero-order valence-electron chi connectivity index (χ0n) is 18.9. The van der Waals surface area contributed by atoms with Crippen LogP contribution in [0.15, 0.2) is 27.9 Å². The van der Waals surface area contributed by atoms with E-state index in [1.807, 2.05) is 6.07 Å². The van der Waals surface area contributed by atoms with E-state index < -0.39 is 21.1 Å². The molecule has 2 N–H and O–H groups in total. The Bertz CT molecular complexity index is 1210. The predicted octanol–water partition coefficient (Wildman–Crippen LogP) is 4.60. The van der Waals surface area contributed by atoms with Gasteiger partial charge in [-0.2, -0.15) is 5.26 Å². The first kappa shape index (κ1) is 22.8. The Kier molecular flexibility index (Phi) is 5.81. The topological polar surface area (TPSA) is 115 Å². The lowest BCUT2D eigenvalue weighted by Crippen LogP contribution is -2.19. The number of nitrogens with one attached hydrogen (secondary N) is 1. The third kappa shape index (κ3) is 4.39. The van der Waals surface area contributed by atoms with Gasteiger partial charge in [-0.3, -0.25) is 4.79 Å². The van der Waals surface area contributed by atoms with Crippen molar-refractivity contribution in [3.05, 3.63) is 51.8 Å². The second-order valence-electron chi connectivity index (χ2n) is 9.79. The van der Waals surface area contributed by atoms with E-state index in [-0.39, 0.29) is 23.2 Å². The van der Waals surface area contributed by atoms with Crippen LogP contribution in [0.1, 0.15) is 79.3 Å². The van der Waals surface area contributed by atoms with Crippen molar-refractivity contribution in [2.75, 3.05) is 5.75 Å². The molecule has 2 aliphatic carbocycles. The SMILES string of the molecule is C[C@@H](c1cc(C#N)c2c(c1CC(=O)C[S@@](=N)(=O)c1cc(C(C)(C)O)co1)CCC2)C1CC1. The average Bonchev–Trinajstić information content (AvgIpc) is 3.21. The molecule has 1 aromatic heterocycles. The largest absolute Gasteiger partial charge is 0.454 e. The number of nitriles is 1. The molecular weight excluding hydrogens is 424 g/mol. The highest BCUT2D eigenvalue weighted by molar-refractivity contribution is 7.93. The van der Waals surface area contributed by atoms with Gasteiger partial charge in [-0.15, -0.1) is 0 Å². The molecule has 1 heterocycles. The van der Waals surface area contributed by atoms with Gasteiger partial charge in [0.1, 0.15) is 9.73 Å². The van der Waals surface area contributed by atoms with Crippen LogP contribution in [0.5, 0.6) is 0 Å². The molecule has 0 amide bonds. The third-order valence-corrected chi connectivity index (χ3v) is 8.43. The first-order valence-corrected chi connectivity index (χ1v) is 12.9. The number of benzene rings is 1. The molecule has 7 heteroatoms. The fraction of sp³-hybridized carbons (Fsp3) is 0.520. The Morgan fingerprint density at radius 2 is 2.03 bits per heavy atom. The van der Waals surface area contributed by atoms with Gasteiger partial charge in [-0.1, -0.05) is 6.92 Å². The molecule has 0 saturated heterocycles. The Labute approximate surface area is 189 Å². The number of aliphatic hydroxyl groups is 1. The molecule has 4 rings (SSSR count). The van der Waals surface area contributed by atoms with E-state index >= 15 is 0 Å². The standard InChI is InChI=1S/C25H30N2O4S/c1-15(16-7-8-16)22-9-17(12-26)20-5-4-6-21(20)23(22)11-19(28)14-32(27,30)24-10-18(13-31-24)25(2,3)29/h9-10,13,15-16,27,29H,4-8,11,14H2,1-3H3/t15-,32-/m1/s1. The molecular formula is C25H30N2O4S. The van der Waals surface area contributed by atoms with E-state index in [1.165, 1.54) is 12.3 Å². The molecule has 2 atom stereocenters. The molecule has 2 aliphatic rings. The number of furan rings is 1. The highest BCUT2D eigenvalue weighted by Gasteiger charge is 2.33. The first-order valence-electron chi connectivity index (χ1n) is 11.2. The molecule has 1 aromatic carbocycles. The summed E-state index contributed by atoms with van der Waals surface area (Å²) in [5.41, 5.74) is 4.16. The summed E-state index contributed by atoms with van der Waals surface area (Å²) >= 11 is 0. The van der Waals surface area contributed by atoms with Gasteiger partial charge < -0.3 is 9.52 Å². The van der Waals surface area contributed by atoms with Gasteiger partial charge in [0.15, 0.2) is 10.9 Å². The maximum atomic E-state index is 13.1. The number of hydrogen-bond acceptors (Lipinski definition) is 6. The summed E-state index contributed by atoms with van der Waals surface area (Å²) in [6, 6.07) is 5.72. The van der Waals surface area contributed by atoms with E-state index in [0.717, 1.165) is 59.9 Å². The summed E-state index contributed by atoms with van der Waals surface area (Å²) < 4.78 is 26.6. The zero-order chi connectivity index (χ0) is 23.3. The van der Waals surface area contributed by atoms with Crippen molar-refractivity contribution in [2.45, 2.75) is 75.9 Å². The van der Waals surface area contributed by atoms with E-state index in [2.05, 4.69) is 13.0 Å². The van der Waals surface area contributed by atoms with Crippen LogP contribution in [-0.2, 0) is 39.4 Å². The van der Waals surface area contributed by atoms with Crippen LogP contribution >= 0.6 is 0 Å². The van der Waals surface area contributed by atoms with Gasteiger partial charge in [0, 0.05) is 18.1 Å². The summed E-state index contributed by atoms with van der Waals surface area (Å²) in [6.07, 6.45) is 6.40. The van der Waals surface area contributed by atoms with Crippen molar-refractivity contribution >= 4 is 15.5 Å². The number of carbonyl (C=O) groups is 1.